The Hall–Kier alpha value is -11.8. The molecule has 510 valence electrons. The van der Waals surface area contributed by atoms with Gasteiger partial charge in [-0.2, -0.15) is 0 Å². The number of hydrogen-bond donors (Lipinski definition) is 0. The smallest absolute Gasteiger partial charge is 0.203 e. The van der Waals surface area contributed by atoms with E-state index in [4.69, 9.17) is 13.3 Å². The number of Topliss-reactive ketones (excluding diaryl/α,β-unsaturated/α-hetero) is 3. The zero-order valence-electron chi connectivity index (χ0n) is 56.7. The molecule has 18 rings (SSSR count). The lowest BCUT2D eigenvalue weighted by Gasteiger charge is -2.41. The van der Waals surface area contributed by atoms with Gasteiger partial charge in [0.1, 0.15) is 70.5 Å². The number of carbonyl (C=O) groups excluding carboxylic acids is 6. The highest BCUT2D eigenvalue weighted by Gasteiger charge is 2.38. The van der Waals surface area contributed by atoms with Crippen molar-refractivity contribution < 1.29 is 57.3 Å². The monoisotopic (exact) mass is 1360 g/mol. The van der Waals surface area contributed by atoms with Crippen LogP contribution in [-0.4, -0.2) is 113 Å². The predicted octanol–water partition coefficient (Wildman–Crippen LogP) is 8.45. The molecule has 0 N–H and O–H groups in total. The number of hydrogen-bond acceptors (Lipinski definition) is 15. The standard InChI is InChI=1S/3C28H24N2O4/c1-17(31)24-11-14-30(24)19-8-10-23-26(16-19)34-25-15-18(29-12-4-13-29)7-9-22(25)27(23)20-5-2-3-6-21(20)28(32)33;2*1-17(31)18-15-30(16-18)20-8-10-24-26(14-20)34-25-13-19(29-11-4-12-29)7-9-23(25)27(24)21-5-2-3-6-22(21)28(32)33/h2-3,5-10,15-16,24H,4,11-14H2,1H3;2*2-3,5-10,13-14,18H,4,11-12,15-16H2,1H3. The third kappa shape index (κ3) is 11.8. The van der Waals surface area contributed by atoms with Crippen LogP contribution in [0.5, 0.6) is 0 Å². The summed E-state index contributed by atoms with van der Waals surface area (Å²) >= 11 is 0. The Morgan fingerprint density at radius 3 is 1.03 bits per heavy atom. The van der Waals surface area contributed by atoms with Crippen molar-refractivity contribution in [2.24, 2.45) is 11.8 Å². The van der Waals surface area contributed by atoms with Gasteiger partial charge in [0.2, 0.25) is 16.1 Å². The zero-order chi connectivity index (χ0) is 70.2. The first-order chi connectivity index (χ1) is 49.5. The Kier molecular flexibility index (Phi) is 16.8. The Morgan fingerprint density at radius 2 is 0.725 bits per heavy atom. The molecule has 0 aromatic heterocycles. The van der Waals surface area contributed by atoms with Crippen LogP contribution in [0, 0.1) is 11.8 Å². The average molecular weight is 1360 g/mol. The summed E-state index contributed by atoms with van der Waals surface area (Å²) in [5.74, 6) is -0.822. The molecule has 12 aliphatic rings. The predicted molar refractivity (Wildman–Crippen MR) is 386 cm³/mol. The Morgan fingerprint density at radius 1 is 0.373 bits per heavy atom. The summed E-state index contributed by atoms with van der Waals surface area (Å²) in [6.45, 7) is 14.7. The van der Waals surface area contributed by atoms with Crippen molar-refractivity contribution in [3.05, 3.63) is 215 Å². The third-order valence-corrected chi connectivity index (χ3v) is 21.4. The maximum Gasteiger partial charge on any atom is 0.203 e. The summed E-state index contributed by atoms with van der Waals surface area (Å²) in [7, 11) is 0. The van der Waals surface area contributed by atoms with E-state index in [1.807, 2.05) is 127 Å². The molecule has 3 aliphatic carbocycles. The molecule has 6 aromatic carbocycles. The SMILES string of the molecule is CC(=O)C1CCN1c1ccc2c(-c3ccccc3C(=O)[O-])c3ccc(=[N+]4CCC4)cc-3oc2c1.CC(=O)C1C[N+](=c2ccc3c(-c4ccccc4C(=O)[O-])c4ccc(N5CCC5)cc4oc-3c2)C1.CC(=O)C1C[N+](=c2ccc3c(-c4ccccc4C(=O)[O-])c4ccc(N5CCC5)cc4oc-3c2)C1. The number of anilines is 3. The summed E-state index contributed by atoms with van der Waals surface area (Å²) in [6.07, 6.45) is 4.38. The second kappa shape index (κ2) is 26.4. The molecule has 0 saturated carbocycles. The Labute approximate surface area is 586 Å². The number of carbonyl (C=O) groups is 6. The third-order valence-electron chi connectivity index (χ3n) is 21.4. The minimum absolute atomic E-state index is 0.0776. The first-order valence-corrected chi connectivity index (χ1v) is 35.0. The van der Waals surface area contributed by atoms with E-state index in [0.717, 1.165) is 135 Å². The number of carboxylic acid groups (broad SMARTS) is 3. The van der Waals surface area contributed by atoms with Gasteiger partial charge in [0.05, 0.1) is 48.6 Å². The van der Waals surface area contributed by atoms with Crippen LogP contribution in [0.2, 0.25) is 0 Å². The molecule has 9 aliphatic heterocycles. The Balaban J connectivity index is 0.000000118. The normalized spacial score (nSPS) is 17.5. The van der Waals surface area contributed by atoms with E-state index in [1.54, 1.807) is 57.2 Å². The van der Waals surface area contributed by atoms with Gasteiger partial charge in [0, 0.05) is 152 Å². The van der Waals surface area contributed by atoms with Crippen molar-refractivity contribution in [3.8, 4) is 67.4 Å². The van der Waals surface area contributed by atoms with Crippen LogP contribution in [0.3, 0.4) is 0 Å². The van der Waals surface area contributed by atoms with Crippen molar-refractivity contribution in [3.63, 3.8) is 0 Å². The van der Waals surface area contributed by atoms with Gasteiger partial charge >= 0.3 is 0 Å². The van der Waals surface area contributed by atoms with Gasteiger partial charge < -0.3 is 57.7 Å². The molecule has 1 unspecified atom stereocenters. The molecule has 0 spiro atoms. The van der Waals surface area contributed by atoms with E-state index in [-0.39, 0.29) is 51.9 Å². The number of carboxylic acids is 3. The van der Waals surface area contributed by atoms with E-state index >= 15 is 0 Å². The molecular formula is C84H72N6O12. The minimum atomic E-state index is -1.21. The van der Waals surface area contributed by atoms with Crippen LogP contribution in [0.4, 0.5) is 17.1 Å². The van der Waals surface area contributed by atoms with Gasteiger partial charge in [-0.1, -0.05) is 72.8 Å². The van der Waals surface area contributed by atoms with Gasteiger partial charge in [-0.3, -0.25) is 14.4 Å². The summed E-state index contributed by atoms with van der Waals surface area (Å²) in [6, 6.07) is 57.0. The number of benzene rings is 9. The highest BCUT2D eigenvalue weighted by atomic mass is 16.4. The number of aromatic carboxylic acids is 3. The van der Waals surface area contributed by atoms with E-state index in [2.05, 4.69) is 46.6 Å². The molecule has 6 fully saturated rings. The molecule has 0 amide bonds. The fourth-order valence-electron chi connectivity index (χ4n) is 15.0. The average Bonchev–Trinajstić information content (AvgIpc) is 0.750. The van der Waals surface area contributed by atoms with E-state index in [1.165, 1.54) is 19.3 Å². The molecule has 0 radical (unpaired) electrons. The first kappa shape index (κ1) is 64.9. The van der Waals surface area contributed by atoms with Gasteiger partial charge in [0.25, 0.3) is 0 Å². The van der Waals surface area contributed by atoms with Crippen LogP contribution in [0.1, 0.15) is 77.5 Å². The summed E-state index contributed by atoms with van der Waals surface area (Å²) in [5, 5.41) is 41.5. The molecule has 6 saturated heterocycles. The van der Waals surface area contributed by atoms with Crippen LogP contribution in [0.15, 0.2) is 195 Å². The molecule has 0 bridgehead atoms. The fourth-order valence-corrected chi connectivity index (χ4v) is 15.0. The lowest BCUT2D eigenvalue weighted by Crippen LogP contribution is -2.51. The van der Waals surface area contributed by atoms with Crippen LogP contribution in [0.25, 0.3) is 100 Å². The van der Waals surface area contributed by atoms with Gasteiger partial charge in [-0.15, -0.1) is 0 Å². The van der Waals surface area contributed by atoms with Crippen molar-refractivity contribution in [1.82, 2.24) is 13.7 Å². The summed E-state index contributed by atoms with van der Waals surface area (Å²) < 4.78 is 25.9. The van der Waals surface area contributed by atoms with E-state index in [9.17, 15) is 44.1 Å². The number of ketones is 3. The molecule has 9 heterocycles. The van der Waals surface area contributed by atoms with Gasteiger partial charge in [-0.05, 0) is 111 Å². The quantitative estimate of drug-likeness (QED) is 0.0825. The number of rotatable bonds is 12. The van der Waals surface area contributed by atoms with E-state index in [0.29, 0.717) is 76.9 Å². The largest absolute Gasteiger partial charge is 0.545 e. The van der Waals surface area contributed by atoms with Crippen molar-refractivity contribution in [2.45, 2.75) is 52.5 Å². The topological polar surface area (TPSA) is 230 Å². The summed E-state index contributed by atoms with van der Waals surface area (Å²) in [4.78, 5) is 77.9. The van der Waals surface area contributed by atoms with Crippen molar-refractivity contribution >= 4 is 85.2 Å². The number of fused-ring (bicyclic) bond motifs is 6. The molecule has 18 nitrogen and oxygen atoms in total. The van der Waals surface area contributed by atoms with Gasteiger partial charge in [-0.25, -0.2) is 13.7 Å². The highest BCUT2D eigenvalue weighted by Crippen LogP contribution is 2.46. The molecule has 102 heavy (non-hydrogen) atoms. The first-order valence-electron chi connectivity index (χ1n) is 35.0. The van der Waals surface area contributed by atoms with Crippen molar-refractivity contribution in [2.75, 3.05) is 86.7 Å². The number of nitrogens with zero attached hydrogens (tertiary/aromatic N) is 6. The highest BCUT2D eigenvalue weighted by molar-refractivity contribution is 6.10. The second-order valence-electron chi connectivity index (χ2n) is 27.6. The van der Waals surface area contributed by atoms with Crippen LogP contribution >= 0.6 is 0 Å². The fraction of sp³-hybridized carbons (Fsp3) is 0.250. The lowest BCUT2D eigenvalue weighted by molar-refractivity contribution is -0.256. The minimum Gasteiger partial charge on any atom is -0.545 e. The molecule has 6 aromatic rings. The molecule has 18 heteroatoms. The lowest BCUT2D eigenvalue weighted by atomic mass is 9.90. The maximum atomic E-state index is 12.0. The molecular weight excluding hydrogens is 1280 g/mol. The molecule has 1 atom stereocenters. The van der Waals surface area contributed by atoms with Crippen molar-refractivity contribution in [1.29, 1.82) is 0 Å². The van der Waals surface area contributed by atoms with E-state index < -0.39 is 17.9 Å². The summed E-state index contributed by atoms with van der Waals surface area (Å²) in [5.41, 5.74) is 12.5. The van der Waals surface area contributed by atoms with Crippen LogP contribution < -0.4 is 59.8 Å². The van der Waals surface area contributed by atoms with Crippen LogP contribution in [-0.2, 0) is 14.4 Å². The Bertz CT molecular complexity index is 5380. The van der Waals surface area contributed by atoms with Gasteiger partial charge in [0.15, 0.2) is 32.0 Å². The zero-order valence-corrected chi connectivity index (χ0v) is 56.7. The maximum absolute atomic E-state index is 12.0. The second-order valence-corrected chi connectivity index (χ2v) is 27.6.